The van der Waals surface area contributed by atoms with Gasteiger partial charge in [-0.2, -0.15) is 0 Å². The Morgan fingerprint density at radius 2 is 2.27 bits per heavy atom. The lowest BCUT2D eigenvalue weighted by molar-refractivity contribution is 0.0591. The Labute approximate surface area is 95.5 Å². The van der Waals surface area contributed by atoms with Crippen LogP contribution >= 0.6 is 12.6 Å². The molecule has 0 aromatic carbocycles. The standard InChI is InChI=1S/C12H16FNS/c1-2-4-11-10(7-9(15)8-14-11)12(13)5-3-6-12/h7-8,15H,2-6H2,1H3. The molecule has 1 aromatic rings. The van der Waals surface area contributed by atoms with Crippen LogP contribution in [0.25, 0.3) is 0 Å². The third-order valence-corrected chi connectivity index (χ3v) is 3.32. The molecule has 0 atom stereocenters. The first kappa shape index (κ1) is 10.9. The summed E-state index contributed by atoms with van der Waals surface area (Å²) < 4.78 is 14.3. The predicted molar refractivity (Wildman–Crippen MR) is 62.1 cm³/mol. The van der Waals surface area contributed by atoms with Gasteiger partial charge >= 0.3 is 0 Å². The number of hydrogen-bond acceptors (Lipinski definition) is 2. The van der Waals surface area contributed by atoms with E-state index in [2.05, 4.69) is 24.5 Å². The molecule has 1 heterocycles. The first-order valence-electron chi connectivity index (χ1n) is 5.53. The van der Waals surface area contributed by atoms with Gasteiger partial charge < -0.3 is 0 Å². The van der Waals surface area contributed by atoms with E-state index in [4.69, 9.17) is 0 Å². The maximum atomic E-state index is 14.3. The summed E-state index contributed by atoms with van der Waals surface area (Å²) in [6.45, 7) is 2.09. The molecule has 82 valence electrons. The first-order chi connectivity index (χ1) is 7.15. The van der Waals surface area contributed by atoms with E-state index in [0.29, 0.717) is 12.8 Å². The van der Waals surface area contributed by atoms with Gasteiger partial charge in [-0.15, -0.1) is 12.6 Å². The number of nitrogens with zero attached hydrogens (tertiary/aromatic N) is 1. The summed E-state index contributed by atoms with van der Waals surface area (Å²) in [5.41, 5.74) is 0.580. The number of aromatic nitrogens is 1. The monoisotopic (exact) mass is 225 g/mol. The van der Waals surface area contributed by atoms with Crippen LogP contribution in [-0.2, 0) is 12.1 Å². The summed E-state index contributed by atoms with van der Waals surface area (Å²) in [5.74, 6) is 0. The van der Waals surface area contributed by atoms with E-state index in [1.54, 1.807) is 6.20 Å². The number of halogens is 1. The van der Waals surface area contributed by atoms with Gasteiger partial charge in [-0.25, -0.2) is 4.39 Å². The van der Waals surface area contributed by atoms with Crippen LogP contribution < -0.4 is 0 Å². The summed E-state index contributed by atoms with van der Waals surface area (Å²) in [6.07, 6.45) is 5.83. The number of hydrogen-bond donors (Lipinski definition) is 1. The summed E-state index contributed by atoms with van der Waals surface area (Å²) in [4.78, 5) is 5.06. The lowest BCUT2D eigenvalue weighted by Crippen LogP contribution is -2.30. The van der Waals surface area contributed by atoms with Crippen molar-refractivity contribution in [3.63, 3.8) is 0 Å². The highest BCUT2D eigenvalue weighted by molar-refractivity contribution is 7.80. The van der Waals surface area contributed by atoms with Crippen molar-refractivity contribution in [3.05, 3.63) is 23.5 Å². The molecule has 0 radical (unpaired) electrons. The van der Waals surface area contributed by atoms with Gasteiger partial charge in [-0.05, 0) is 31.7 Å². The number of rotatable bonds is 3. The highest BCUT2D eigenvalue weighted by atomic mass is 32.1. The summed E-state index contributed by atoms with van der Waals surface area (Å²) >= 11 is 4.24. The molecule has 1 aliphatic rings. The van der Waals surface area contributed by atoms with E-state index in [-0.39, 0.29) is 0 Å². The van der Waals surface area contributed by atoms with Gasteiger partial charge in [0.1, 0.15) is 5.67 Å². The van der Waals surface area contributed by atoms with Gasteiger partial charge in [0.05, 0.1) is 0 Å². The Bertz CT molecular complexity index is 361. The second-order valence-electron chi connectivity index (χ2n) is 4.26. The lowest BCUT2D eigenvalue weighted by Gasteiger charge is -2.35. The quantitative estimate of drug-likeness (QED) is 0.774. The zero-order valence-corrected chi connectivity index (χ0v) is 9.86. The molecule has 3 heteroatoms. The normalized spacial score (nSPS) is 18.6. The van der Waals surface area contributed by atoms with Gasteiger partial charge in [0.15, 0.2) is 0 Å². The van der Waals surface area contributed by atoms with Gasteiger partial charge in [0, 0.05) is 22.3 Å². The van der Waals surface area contributed by atoms with E-state index in [0.717, 1.165) is 35.4 Å². The van der Waals surface area contributed by atoms with Crippen molar-refractivity contribution in [1.82, 2.24) is 4.98 Å². The molecular weight excluding hydrogens is 209 g/mol. The summed E-state index contributed by atoms with van der Waals surface area (Å²) in [7, 11) is 0. The van der Waals surface area contributed by atoms with Crippen LogP contribution in [0.3, 0.4) is 0 Å². The zero-order chi connectivity index (χ0) is 10.9. The van der Waals surface area contributed by atoms with Crippen LogP contribution in [0.5, 0.6) is 0 Å². The van der Waals surface area contributed by atoms with Crippen molar-refractivity contribution in [2.75, 3.05) is 0 Å². The molecule has 0 bridgehead atoms. The van der Waals surface area contributed by atoms with Crippen LogP contribution in [0.2, 0.25) is 0 Å². The van der Waals surface area contributed by atoms with Crippen molar-refractivity contribution < 1.29 is 4.39 Å². The smallest absolute Gasteiger partial charge is 0.137 e. The fourth-order valence-corrected chi connectivity index (χ4v) is 2.25. The molecule has 2 rings (SSSR count). The molecule has 1 aliphatic carbocycles. The van der Waals surface area contributed by atoms with Crippen molar-refractivity contribution in [1.29, 1.82) is 0 Å². The zero-order valence-electron chi connectivity index (χ0n) is 8.96. The lowest BCUT2D eigenvalue weighted by atomic mass is 9.76. The average molecular weight is 225 g/mol. The number of aryl methyl sites for hydroxylation is 1. The molecule has 1 fully saturated rings. The van der Waals surface area contributed by atoms with E-state index in [9.17, 15) is 4.39 Å². The fourth-order valence-electron chi connectivity index (χ4n) is 2.06. The van der Waals surface area contributed by atoms with Crippen LogP contribution in [0, 0.1) is 0 Å². The Morgan fingerprint density at radius 1 is 1.53 bits per heavy atom. The largest absolute Gasteiger partial charge is 0.260 e. The molecule has 1 nitrogen and oxygen atoms in total. The molecular formula is C12H16FNS. The average Bonchev–Trinajstić information content (AvgIpc) is 2.17. The molecule has 0 spiro atoms. The Hall–Kier alpha value is -0.570. The SMILES string of the molecule is CCCc1ncc(S)cc1C1(F)CCC1. The van der Waals surface area contributed by atoms with Crippen LogP contribution in [0.4, 0.5) is 4.39 Å². The molecule has 1 aromatic heterocycles. The Kier molecular flexibility index (Phi) is 3.01. The second-order valence-corrected chi connectivity index (χ2v) is 4.77. The fraction of sp³-hybridized carbons (Fsp3) is 0.583. The second kappa shape index (κ2) is 4.12. The van der Waals surface area contributed by atoms with E-state index in [1.807, 2.05) is 6.07 Å². The summed E-state index contributed by atoms with van der Waals surface area (Å²) in [5, 5.41) is 0. The molecule has 15 heavy (non-hydrogen) atoms. The van der Waals surface area contributed by atoms with Crippen molar-refractivity contribution in [2.24, 2.45) is 0 Å². The topological polar surface area (TPSA) is 12.9 Å². The minimum atomic E-state index is -1.11. The third kappa shape index (κ3) is 2.03. The van der Waals surface area contributed by atoms with Gasteiger partial charge in [0.2, 0.25) is 0 Å². The van der Waals surface area contributed by atoms with Crippen LogP contribution in [-0.4, -0.2) is 4.98 Å². The maximum Gasteiger partial charge on any atom is 0.137 e. The summed E-state index contributed by atoms with van der Waals surface area (Å²) in [6, 6.07) is 1.85. The molecule has 0 unspecified atom stereocenters. The van der Waals surface area contributed by atoms with Crippen LogP contribution in [0.1, 0.15) is 43.9 Å². The molecule has 0 amide bonds. The molecule has 0 aliphatic heterocycles. The predicted octanol–water partition coefficient (Wildman–Crippen LogP) is 3.67. The van der Waals surface area contributed by atoms with E-state index < -0.39 is 5.67 Å². The maximum absolute atomic E-state index is 14.3. The first-order valence-corrected chi connectivity index (χ1v) is 5.98. The highest BCUT2D eigenvalue weighted by Crippen LogP contribution is 2.46. The molecule has 1 saturated carbocycles. The van der Waals surface area contributed by atoms with E-state index >= 15 is 0 Å². The van der Waals surface area contributed by atoms with Crippen LogP contribution in [0.15, 0.2) is 17.2 Å². The van der Waals surface area contributed by atoms with Gasteiger partial charge in [-0.1, -0.05) is 13.3 Å². The van der Waals surface area contributed by atoms with Crippen molar-refractivity contribution >= 4 is 12.6 Å². The minimum absolute atomic E-state index is 0.641. The van der Waals surface area contributed by atoms with Crippen molar-refractivity contribution in [2.45, 2.75) is 49.6 Å². The molecule has 0 N–H and O–H groups in total. The minimum Gasteiger partial charge on any atom is -0.260 e. The number of pyridine rings is 1. The highest BCUT2D eigenvalue weighted by Gasteiger charge is 2.40. The Morgan fingerprint density at radius 3 is 2.80 bits per heavy atom. The third-order valence-electron chi connectivity index (χ3n) is 3.07. The number of alkyl halides is 1. The molecule has 0 saturated heterocycles. The van der Waals surface area contributed by atoms with Gasteiger partial charge in [-0.3, -0.25) is 4.98 Å². The Balaban J connectivity index is 2.38. The van der Waals surface area contributed by atoms with Crippen molar-refractivity contribution in [3.8, 4) is 0 Å². The van der Waals surface area contributed by atoms with E-state index in [1.165, 1.54) is 0 Å². The number of thiol groups is 1. The van der Waals surface area contributed by atoms with Gasteiger partial charge in [0.25, 0.3) is 0 Å².